The summed E-state index contributed by atoms with van der Waals surface area (Å²) in [5, 5.41) is 20.7. The van der Waals surface area contributed by atoms with Gasteiger partial charge in [-0.15, -0.1) is 0 Å². The number of hydrazone groups is 2. The molecule has 172 valence electrons. The van der Waals surface area contributed by atoms with Crippen molar-refractivity contribution in [2.45, 2.75) is 26.2 Å². The van der Waals surface area contributed by atoms with Crippen molar-refractivity contribution in [3.8, 4) is 17.1 Å². The van der Waals surface area contributed by atoms with Gasteiger partial charge in [0.25, 0.3) is 0 Å². The second kappa shape index (κ2) is 8.51. The maximum atomic E-state index is 13.0. The highest BCUT2D eigenvalue weighted by molar-refractivity contribution is 6.71. The number of rotatable bonds is 5. The number of nitrogens with zero attached hydrogens (tertiary/aromatic N) is 3. The van der Waals surface area contributed by atoms with E-state index in [1.165, 1.54) is 29.3 Å². The lowest BCUT2D eigenvalue weighted by atomic mass is 10.1. The number of esters is 1. The number of carbonyl (C=O) groups excluding carboxylic acids is 2. The lowest BCUT2D eigenvalue weighted by molar-refractivity contribution is -0.112. The van der Waals surface area contributed by atoms with E-state index in [0.717, 1.165) is 19.3 Å². The minimum absolute atomic E-state index is 0.0190. The molecule has 0 radical (unpaired) electrons. The first-order valence-electron chi connectivity index (χ1n) is 10.8. The zero-order valence-corrected chi connectivity index (χ0v) is 18.7. The summed E-state index contributed by atoms with van der Waals surface area (Å²) in [6.45, 7) is 1.71. The van der Waals surface area contributed by atoms with Gasteiger partial charge in [-0.05, 0) is 73.7 Å². The number of furan rings is 1. The van der Waals surface area contributed by atoms with E-state index in [1.807, 2.05) is 18.2 Å². The Kier molecular flexibility index (Phi) is 5.37. The molecule has 1 amide bonds. The molecule has 0 fully saturated rings. The smallest absolute Gasteiger partial charge is 0.373 e. The highest BCUT2D eigenvalue weighted by atomic mass is 16.5. The van der Waals surface area contributed by atoms with Gasteiger partial charge in [0.2, 0.25) is 5.76 Å². The molecule has 9 nitrogen and oxygen atoms in total. The maximum absolute atomic E-state index is 13.0. The number of benzene rings is 2. The van der Waals surface area contributed by atoms with Gasteiger partial charge >= 0.3 is 11.9 Å². The third-order valence-electron chi connectivity index (χ3n) is 5.90. The van der Waals surface area contributed by atoms with Crippen molar-refractivity contribution in [3.63, 3.8) is 0 Å². The molecule has 0 saturated carbocycles. The van der Waals surface area contributed by atoms with Gasteiger partial charge in [-0.2, -0.15) is 15.2 Å². The summed E-state index contributed by atoms with van der Waals surface area (Å²) < 4.78 is 10.1. The summed E-state index contributed by atoms with van der Waals surface area (Å²) in [6, 6.07) is 13.9. The number of hydrogen-bond acceptors (Lipinski definition) is 8. The van der Waals surface area contributed by atoms with Gasteiger partial charge in [0.05, 0.1) is 29.8 Å². The number of methoxy groups -OCH3 is 1. The molecule has 2 aliphatic rings. The molecule has 0 bridgehead atoms. The Hall–Kier alpha value is -4.40. The number of nitrogens with one attached hydrogen (secondary N) is 1. The first-order valence-corrected chi connectivity index (χ1v) is 10.8. The van der Waals surface area contributed by atoms with Crippen LogP contribution < -0.4 is 10.4 Å². The average molecular weight is 458 g/mol. The van der Waals surface area contributed by atoms with Crippen molar-refractivity contribution in [3.05, 3.63) is 65.4 Å². The summed E-state index contributed by atoms with van der Waals surface area (Å²) in [5.74, 6) is -0.813. The normalized spacial score (nSPS) is 16.1. The highest BCUT2D eigenvalue weighted by Gasteiger charge is 2.31. The number of ether oxygens (including phenoxy) is 1. The number of phenols is 1. The summed E-state index contributed by atoms with van der Waals surface area (Å²) >= 11 is 0. The van der Waals surface area contributed by atoms with Crippen molar-refractivity contribution in [2.75, 3.05) is 17.5 Å². The fourth-order valence-electron chi connectivity index (χ4n) is 4.13. The molecule has 3 aromatic rings. The Morgan fingerprint density at radius 1 is 1.18 bits per heavy atom. The topological polar surface area (TPSA) is 117 Å². The van der Waals surface area contributed by atoms with E-state index in [1.54, 1.807) is 31.2 Å². The van der Waals surface area contributed by atoms with Gasteiger partial charge < -0.3 is 14.3 Å². The van der Waals surface area contributed by atoms with Gasteiger partial charge in [-0.25, -0.2) is 4.79 Å². The SMILES string of the molecule is COC(=O)c1ccc(-c2cccc(NN=C3C(=O)N(c4ccc5c(c4)CCC5)N=C3C)c2O)o1. The quantitative estimate of drug-likeness (QED) is 0.338. The molecule has 5 rings (SSSR count). The van der Waals surface area contributed by atoms with E-state index in [4.69, 9.17) is 4.42 Å². The van der Waals surface area contributed by atoms with Crippen LogP contribution in [0.15, 0.2) is 63.2 Å². The lowest BCUT2D eigenvalue weighted by Gasteiger charge is -2.13. The Morgan fingerprint density at radius 2 is 2.00 bits per heavy atom. The van der Waals surface area contributed by atoms with E-state index in [9.17, 15) is 14.7 Å². The largest absolute Gasteiger partial charge is 0.505 e. The number of amides is 1. The number of carbonyl (C=O) groups is 2. The van der Waals surface area contributed by atoms with Gasteiger partial charge in [0.15, 0.2) is 11.5 Å². The van der Waals surface area contributed by atoms with Gasteiger partial charge in [-0.3, -0.25) is 10.2 Å². The van der Waals surface area contributed by atoms with Crippen LogP contribution in [0.2, 0.25) is 0 Å². The van der Waals surface area contributed by atoms with Crippen molar-refractivity contribution in [1.29, 1.82) is 0 Å². The average Bonchev–Trinajstić information content (AvgIpc) is 3.57. The van der Waals surface area contributed by atoms with Crippen LogP contribution >= 0.6 is 0 Å². The summed E-state index contributed by atoms with van der Waals surface area (Å²) in [7, 11) is 1.26. The first-order chi connectivity index (χ1) is 16.5. The van der Waals surface area contributed by atoms with E-state index in [0.29, 0.717) is 17.0 Å². The summed E-state index contributed by atoms with van der Waals surface area (Å²) in [4.78, 5) is 24.7. The molecule has 0 atom stereocenters. The zero-order chi connectivity index (χ0) is 23.8. The fraction of sp³-hybridized carbons (Fsp3) is 0.200. The second-order valence-corrected chi connectivity index (χ2v) is 8.04. The summed E-state index contributed by atoms with van der Waals surface area (Å²) in [6.07, 6.45) is 3.19. The standard InChI is InChI=1S/C25H22N4O5/c1-14-22(24(31)29(28-14)17-10-9-15-5-3-6-16(15)13-17)27-26-19-8-4-7-18(23(19)30)20-11-12-21(34-20)25(32)33-2/h4,7-13,26,30H,3,5-6H2,1-2H3. The number of anilines is 2. The van der Waals surface area contributed by atoms with Crippen LogP contribution in [0.25, 0.3) is 11.3 Å². The van der Waals surface area contributed by atoms with Crippen LogP contribution in [-0.2, 0) is 22.4 Å². The Balaban J connectivity index is 1.38. The third-order valence-corrected chi connectivity index (χ3v) is 5.90. The lowest BCUT2D eigenvalue weighted by Crippen LogP contribution is -2.28. The predicted octanol–water partition coefficient (Wildman–Crippen LogP) is 4.12. The molecule has 2 aromatic carbocycles. The zero-order valence-electron chi connectivity index (χ0n) is 18.7. The number of fused-ring (bicyclic) bond motifs is 1. The van der Waals surface area contributed by atoms with E-state index in [2.05, 4.69) is 20.4 Å². The van der Waals surface area contributed by atoms with Gasteiger partial charge in [0.1, 0.15) is 5.76 Å². The molecule has 0 spiro atoms. The molecule has 2 heterocycles. The second-order valence-electron chi connectivity index (χ2n) is 8.04. The molecule has 0 unspecified atom stereocenters. The van der Waals surface area contributed by atoms with Crippen LogP contribution in [0.1, 0.15) is 35.0 Å². The molecule has 34 heavy (non-hydrogen) atoms. The van der Waals surface area contributed by atoms with Crippen molar-refractivity contribution in [1.82, 2.24) is 0 Å². The number of hydrogen-bond donors (Lipinski definition) is 2. The van der Waals surface area contributed by atoms with Crippen LogP contribution in [0, 0.1) is 0 Å². The third kappa shape index (κ3) is 3.71. The van der Waals surface area contributed by atoms with Crippen LogP contribution in [-0.4, -0.2) is 35.5 Å². The Bertz CT molecular complexity index is 1370. The van der Waals surface area contributed by atoms with Crippen molar-refractivity contribution >= 4 is 34.7 Å². The Morgan fingerprint density at radius 3 is 2.82 bits per heavy atom. The maximum Gasteiger partial charge on any atom is 0.373 e. The van der Waals surface area contributed by atoms with Crippen molar-refractivity contribution < 1.29 is 23.8 Å². The van der Waals surface area contributed by atoms with Gasteiger partial charge in [0, 0.05) is 0 Å². The molecular formula is C25H22N4O5. The molecule has 1 aliphatic carbocycles. The molecule has 0 saturated heterocycles. The predicted molar refractivity (Wildman–Crippen MR) is 127 cm³/mol. The molecule has 1 aromatic heterocycles. The van der Waals surface area contributed by atoms with Crippen molar-refractivity contribution in [2.24, 2.45) is 10.2 Å². The first kappa shape index (κ1) is 21.4. The fourth-order valence-corrected chi connectivity index (χ4v) is 4.13. The molecule has 9 heteroatoms. The van der Waals surface area contributed by atoms with Crippen LogP contribution in [0.3, 0.4) is 0 Å². The van der Waals surface area contributed by atoms with Crippen LogP contribution in [0.5, 0.6) is 5.75 Å². The molecule has 2 N–H and O–H groups in total. The summed E-state index contributed by atoms with van der Waals surface area (Å²) in [5.41, 5.74) is 7.25. The number of para-hydroxylation sites is 1. The minimum Gasteiger partial charge on any atom is -0.505 e. The molecular weight excluding hydrogens is 436 g/mol. The monoisotopic (exact) mass is 458 g/mol. The number of aryl methyl sites for hydroxylation is 2. The van der Waals surface area contributed by atoms with E-state index < -0.39 is 5.97 Å². The number of phenolic OH excluding ortho intramolecular Hbond substituents is 1. The highest BCUT2D eigenvalue weighted by Crippen LogP contribution is 2.36. The Labute approximate surface area is 195 Å². The van der Waals surface area contributed by atoms with Crippen LogP contribution in [0.4, 0.5) is 11.4 Å². The minimum atomic E-state index is -0.617. The van der Waals surface area contributed by atoms with E-state index in [-0.39, 0.29) is 34.6 Å². The van der Waals surface area contributed by atoms with Gasteiger partial charge in [-0.1, -0.05) is 12.1 Å². The number of aromatic hydroxyl groups is 1. The molecule has 1 aliphatic heterocycles. The van der Waals surface area contributed by atoms with E-state index >= 15 is 0 Å².